The number of rotatable bonds is 2. The molecule has 3 nitrogen and oxygen atoms in total. The normalized spacial score (nSPS) is 43.9. The van der Waals surface area contributed by atoms with Crippen molar-refractivity contribution in [3.05, 3.63) is 47.5 Å². The number of amides is 1. The number of hydrogen-bond acceptors (Lipinski definition) is 2. The van der Waals surface area contributed by atoms with Crippen molar-refractivity contribution in [3.8, 4) is 0 Å². The molecule has 3 saturated carbocycles. The molecule has 0 radical (unpaired) electrons. The molecule has 0 N–H and O–H groups in total. The van der Waals surface area contributed by atoms with Crippen LogP contribution in [0.5, 0.6) is 0 Å². The van der Waals surface area contributed by atoms with Gasteiger partial charge in [-0.25, -0.2) is 0 Å². The summed E-state index contributed by atoms with van der Waals surface area (Å²) in [5, 5.41) is 0. The highest BCUT2D eigenvalue weighted by Crippen LogP contribution is 2.67. The molecular formula is C28H37NO2. The minimum absolute atomic E-state index is 0.0647. The summed E-state index contributed by atoms with van der Waals surface area (Å²) >= 11 is 0. The van der Waals surface area contributed by atoms with Crippen molar-refractivity contribution in [1.82, 2.24) is 4.90 Å². The van der Waals surface area contributed by atoms with E-state index in [9.17, 15) is 9.59 Å². The monoisotopic (exact) mass is 419 g/mol. The summed E-state index contributed by atoms with van der Waals surface area (Å²) in [5.74, 6) is 2.94. The SMILES string of the molecule is Cc1ccc(C(=O)C2C(C)C[C@H]3[C@@H]4CCC5N(C)C(=O)C=C[C@]5(C)[C@@H]4CC[C@]23C)cc1. The van der Waals surface area contributed by atoms with Gasteiger partial charge in [-0.2, -0.15) is 0 Å². The van der Waals surface area contributed by atoms with E-state index in [0.29, 0.717) is 35.5 Å². The summed E-state index contributed by atoms with van der Waals surface area (Å²) in [4.78, 5) is 28.0. The van der Waals surface area contributed by atoms with Gasteiger partial charge in [0.1, 0.15) is 0 Å². The first-order chi connectivity index (χ1) is 14.7. The first-order valence-electron chi connectivity index (χ1n) is 12.2. The van der Waals surface area contributed by atoms with Crippen LogP contribution < -0.4 is 0 Å². The van der Waals surface area contributed by atoms with Crippen molar-refractivity contribution in [1.29, 1.82) is 0 Å². The van der Waals surface area contributed by atoms with Crippen LogP contribution in [0.15, 0.2) is 36.4 Å². The van der Waals surface area contributed by atoms with E-state index in [1.165, 1.54) is 24.8 Å². The zero-order valence-electron chi connectivity index (χ0n) is 19.7. The molecule has 5 rings (SSSR count). The van der Waals surface area contributed by atoms with Gasteiger partial charge in [-0.15, -0.1) is 0 Å². The maximum atomic E-state index is 13.7. The number of hydrogen-bond donors (Lipinski definition) is 0. The van der Waals surface area contributed by atoms with Gasteiger partial charge in [-0.05, 0) is 74.2 Å². The fourth-order valence-electron chi connectivity index (χ4n) is 8.56. The fourth-order valence-corrected chi connectivity index (χ4v) is 8.56. The largest absolute Gasteiger partial charge is 0.338 e. The average molecular weight is 420 g/mol. The molecule has 0 aromatic heterocycles. The van der Waals surface area contributed by atoms with Crippen molar-refractivity contribution in [2.75, 3.05) is 7.05 Å². The molecule has 3 unspecified atom stereocenters. The second-order valence-corrected chi connectivity index (χ2v) is 11.6. The number of carbonyl (C=O) groups excluding carboxylic acids is 2. The van der Waals surface area contributed by atoms with Gasteiger partial charge in [-0.1, -0.05) is 56.7 Å². The quantitative estimate of drug-likeness (QED) is 0.578. The average Bonchev–Trinajstić information content (AvgIpc) is 3.01. The van der Waals surface area contributed by atoms with Crippen molar-refractivity contribution >= 4 is 11.7 Å². The van der Waals surface area contributed by atoms with Crippen LogP contribution in [-0.4, -0.2) is 29.7 Å². The third-order valence-corrected chi connectivity index (χ3v) is 10.1. The van der Waals surface area contributed by atoms with Crippen molar-refractivity contribution in [2.45, 2.75) is 65.8 Å². The lowest BCUT2D eigenvalue weighted by atomic mass is 9.47. The van der Waals surface area contributed by atoms with Gasteiger partial charge >= 0.3 is 0 Å². The van der Waals surface area contributed by atoms with Gasteiger partial charge in [0.2, 0.25) is 5.91 Å². The Labute approximate surface area is 187 Å². The van der Waals surface area contributed by atoms with E-state index in [4.69, 9.17) is 0 Å². The Morgan fingerprint density at radius 2 is 1.77 bits per heavy atom. The zero-order chi connectivity index (χ0) is 22.1. The second kappa shape index (κ2) is 7.05. The van der Waals surface area contributed by atoms with Gasteiger partial charge in [-0.3, -0.25) is 9.59 Å². The van der Waals surface area contributed by atoms with Crippen LogP contribution in [0, 0.1) is 47.3 Å². The molecule has 4 aliphatic rings. The third kappa shape index (κ3) is 2.91. The Hall–Kier alpha value is -1.90. The summed E-state index contributed by atoms with van der Waals surface area (Å²) in [7, 11) is 1.98. The lowest BCUT2D eigenvalue weighted by Crippen LogP contribution is -2.59. The van der Waals surface area contributed by atoms with Gasteiger partial charge < -0.3 is 4.90 Å². The lowest BCUT2D eigenvalue weighted by Gasteiger charge is -2.60. The van der Waals surface area contributed by atoms with Crippen LogP contribution in [0.25, 0.3) is 0 Å². The minimum atomic E-state index is 0.0647. The molecule has 8 atom stereocenters. The number of benzene rings is 1. The topological polar surface area (TPSA) is 37.4 Å². The smallest absolute Gasteiger partial charge is 0.246 e. The van der Waals surface area contributed by atoms with E-state index in [1.807, 2.05) is 30.2 Å². The van der Waals surface area contributed by atoms with E-state index in [0.717, 1.165) is 18.4 Å². The maximum absolute atomic E-state index is 13.7. The lowest BCUT2D eigenvalue weighted by molar-refractivity contribution is -0.138. The summed E-state index contributed by atoms with van der Waals surface area (Å²) in [6, 6.07) is 8.51. The Morgan fingerprint density at radius 3 is 2.48 bits per heavy atom. The van der Waals surface area contributed by atoms with Crippen molar-refractivity contribution in [2.24, 2.45) is 40.4 Å². The highest BCUT2D eigenvalue weighted by atomic mass is 16.2. The first kappa shape index (κ1) is 21.0. The Balaban J connectivity index is 1.46. The highest BCUT2D eigenvalue weighted by molar-refractivity contribution is 5.98. The molecular weight excluding hydrogens is 382 g/mol. The van der Waals surface area contributed by atoms with Gasteiger partial charge in [0, 0.05) is 30.0 Å². The zero-order valence-corrected chi connectivity index (χ0v) is 19.7. The Kier molecular flexibility index (Phi) is 4.77. The molecule has 1 heterocycles. The van der Waals surface area contributed by atoms with Crippen molar-refractivity contribution < 1.29 is 9.59 Å². The molecule has 0 spiro atoms. The molecule has 1 amide bonds. The third-order valence-electron chi connectivity index (χ3n) is 10.1. The van der Waals surface area contributed by atoms with E-state index < -0.39 is 0 Å². The predicted octanol–water partition coefficient (Wildman–Crippen LogP) is 5.68. The number of likely N-dealkylation sites (N-methyl/N-ethyl adjacent to an activating group) is 1. The predicted molar refractivity (Wildman–Crippen MR) is 124 cm³/mol. The number of carbonyl (C=O) groups is 2. The molecule has 1 aromatic rings. The highest BCUT2D eigenvalue weighted by Gasteiger charge is 2.63. The molecule has 0 bridgehead atoms. The van der Waals surface area contributed by atoms with Crippen LogP contribution in [0.1, 0.15) is 68.8 Å². The van der Waals surface area contributed by atoms with Crippen LogP contribution >= 0.6 is 0 Å². The Morgan fingerprint density at radius 1 is 1.06 bits per heavy atom. The number of nitrogens with zero attached hydrogens (tertiary/aromatic N) is 1. The van der Waals surface area contributed by atoms with Crippen LogP contribution in [0.4, 0.5) is 0 Å². The Bertz CT molecular complexity index is 933. The summed E-state index contributed by atoms with van der Waals surface area (Å²) in [6.07, 6.45) is 9.79. The second-order valence-electron chi connectivity index (χ2n) is 11.6. The molecule has 1 aliphatic heterocycles. The van der Waals surface area contributed by atoms with E-state index in [1.54, 1.807) is 0 Å². The fraction of sp³-hybridized carbons (Fsp3) is 0.643. The molecule has 3 fully saturated rings. The van der Waals surface area contributed by atoms with Gasteiger partial charge in [0.05, 0.1) is 0 Å². The molecule has 31 heavy (non-hydrogen) atoms. The van der Waals surface area contributed by atoms with Crippen LogP contribution in [0.3, 0.4) is 0 Å². The maximum Gasteiger partial charge on any atom is 0.246 e. The number of aryl methyl sites for hydroxylation is 1. The number of Topliss-reactive ketones (excluding diaryl/α,β-unsaturated/α-hetero) is 1. The number of fused-ring (bicyclic) bond motifs is 5. The van der Waals surface area contributed by atoms with Gasteiger partial charge in [0.25, 0.3) is 0 Å². The molecule has 166 valence electrons. The van der Waals surface area contributed by atoms with Crippen LogP contribution in [-0.2, 0) is 4.79 Å². The summed E-state index contributed by atoms with van der Waals surface area (Å²) < 4.78 is 0. The van der Waals surface area contributed by atoms with Gasteiger partial charge in [0.15, 0.2) is 5.78 Å². The summed E-state index contributed by atoms with van der Waals surface area (Å²) in [6.45, 7) is 9.21. The standard InChI is InChI=1S/C28H37NO2/c1-17-6-8-19(9-7-17)26(31)25-18(2)16-22-20-10-11-23-27(3,15-13-24(30)29(23)5)21(20)12-14-28(22,25)4/h6-9,13,15,18,20-23,25H,10-12,14,16H2,1-5H3/t18?,20-,21-,22+,23?,25?,27-,28+/m1/s1. The minimum Gasteiger partial charge on any atom is -0.338 e. The summed E-state index contributed by atoms with van der Waals surface area (Å²) in [5.41, 5.74) is 2.24. The van der Waals surface area contributed by atoms with E-state index in [-0.39, 0.29) is 22.7 Å². The van der Waals surface area contributed by atoms with Crippen LogP contribution in [0.2, 0.25) is 0 Å². The van der Waals surface area contributed by atoms with E-state index in [2.05, 4.69) is 45.9 Å². The molecule has 1 aromatic carbocycles. The van der Waals surface area contributed by atoms with Crippen molar-refractivity contribution in [3.63, 3.8) is 0 Å². The first-order valence-corrected chi connectivity index (χ1v) is 12.2. The molecule has 3 heteroatoms. The van der Waals surface area contributed by atoms with E-state index >= 15 is 0 Å². The molecule has 3 aliphatic carbocycles. The number of ketones is 1. The molecule has 0 saturated heterocycles.